The normalized spacial score (nSPS) is 19.7. The van der Waals surface area contributed by atoms with E-state index < -0.39 is 27.0 Å². The quantitative estimate of drug-likeness (QED) is 0.873. The molecule has 0 spiro atoms. The highest BCUT2D eigenvalue weighted by molar-refractivity contribution is 7.93. The van der Waals surface area contributed by atoms with Crippen LogP contribution in [0.2, 0.25) is 0 Å². The minimum atomic E-state index is -3.37. The fourth-order valence-electron chi connectivity index (χ4n) is 2.82. The van der Waals surface area contributed by atoms with E-state index in [9.17, 15) is 23.1 Å². The number of rotatable bonds is 4. The van der Waals surface area contributed by atoms with E-state index in [1.54, 1.807) is 12.1 Å². The average molecular weight is 353 g/mol. The number of benzene rings is 1. The van der Waals surface area contributed by atoms with Crippen molar-refractivity contribution in [2.45, 2.75) is 24.6 Å². The molecule has 1 saturated heterocycles. The van der Waals surface area contributed by atoms with E-state index in [4.69, 9.17) is 0 Å². The zero-order valence-electron chi connectivity index (χ0n) is 12.1. The first kappa shape index (κ1) is 15.9. The molecule has 0 radical (unpaired) electrons. The van der Waals surface area contributed by atoms with Gasteiger partial charge in [0.1, 0.15) is 10.1 Å². The first-order valence-electron chi connectivity index (χ1n) is 7.13. The number of aromatic carboxylic acids is 1. The number of thiophene rings is 1. The van der Waals surface area contributed by atoms with Crippen molar-refractivity contribution in [2.75, 3.05) is 5.75 Å². The number of hydrogen-bond donors (Lipinski definition) is 2. The lowest BCUT2D eigenvalue weighted by Crippen LogP contribution is -2.37. The molecule has 0 aliphatic carbocycles. The van der Waals surface area contributed by atoms with Gasteiger partial charge in [-0.15, -0.1) is 11.3 Å². The number of amides is 1. The molecule has 0 saturated carbocycles. The number of fused-ring (bicyclic) bond motifs is 1. The molecule has 1 aliphatic heterocycles. The van der Waals surface area contributed by atoms with Crippen LogP contribution in [0.1, 0.15) is 28.1 Å². The van der Waals surface area contributed by atoms with Gasteiger partial charge in [0.15, 0.2) is 9.84 Å². The molecule has 1 aromatic carbocycles. The topological polar surface area (TPSA) is 101 Å². The molecule has 3 rings (SSSR count). The predicted octanol–water partition coefficient (Wildman–Crippen LogP) is 1.79. The van der Waals surface area contributed by atoms with Gasteiger partial charge in [-0.1, -0.05) is 18.2 Å². The Hall–Kier alpha value is -1.93. The summed E-state index contributed by atoms with van der Waals surface area (Å²) in [7, 11) is -3.37. The van der Waals surface area contributed by atoms with E-state index in [0.29, 0.717) is 18.4 Å². The van der Waals surface area contributed by atoms with Gasteiger partial charge in [-0.25, -0.2) is 13.2 Å². The second-order valence-electron chi connectivity index (χ2n) is 5.43. The Balaban J connectivity index is 1.86. The second kappa shape index (κ2) is 5.93. The van der Waals surface area contributed by atoms with Crippen molar-refractivity contribution in [3.8, 4) is 0 Å². The van der Waals surface area contributed by atoms with Crippen molar-refractivity contribution in [3.05, 3.63) is 34.7 Å². The van der Waals surface area contributed by atoms with Crippen molar-refractivity contribution >= 4 is 43.1 Å². The Bertz CT molecular complexity index is 884. The number of nitrogens with one attached hydrogen (secondary N) is 1. The molecule has 6 nitrogen and oxygen atoms in total. The van der Waals surface area contributed by atoms with Crippen LogP contribution in [0, 0.1) is 0 Å². The standard InChI is InChI=1S/C15H15NO5S2/c17-14(12-6-3-7-23(12,20)21)16-8-10-9-4-1-2-5-11(9)22-13(10)15(18)19/h1-2,4-5,12H,3,6-8H2,(H,16,17)(H,18,19). The van der Waals surface area contributed by atoms with Crippen molar-refractivity contribution < 1.29 is 23.1 Å². The van der Waals surface area contributed by atoms with Gasteiger partial charge in [-0.3, -0.25) is 4.79 Å². The number of carboxylic acid groups (broad SMARTS) is 1. The minimum Gasteiger partial charge on any atom is -0.477 e. The Morgan fingerprint density at radius 3 is 2.70 bits per heavy atom. The highest BCUT2D eigenvalue weighted by Crippen LogP contribution is 2.31. The van der Waals surface area contributed by atoms with E-state index in [1.807, 2.05) is 12.1 Å². The number of hydrogen-bond acceptors (Lipinski definition) is 5. The third-order valence-corrected chi connectivity index (χ3v) is 7.33. The second-order valence-corrected chi connectivity index (χ2v) is 8.78. The largest absolute Gasteiger partial charge is 0.477 e. The summed E-state index contributed by atoms with van der Waals surface area (Å²) in [5.74, 6) is -1.56. The molecule has 1 aliphatic rings. The van der Waals surface area contributed by atoms with Crippen LogP contribution in [0.15, 0.2) is 24.3 Å². The Morgan fingerprint density at radius 2 is 2.04 bits per heavy atom. The highest BCUT2D eigenvalue weighted by atomic mass is 32.2. The van der Waals surface area contributed by atoms with Crippen LogP contribution in [0.3, 0.4) is 0 Å². The predicted molar refractivity (Wildman–Crippen MR) is 87.4 cm³/mol. The third-order valence-electron chi connectivity index (χ3n) is 3.95. The van der Waals surface area contributed by atoms with Crippen LogP contribution in [-0.2, 0) is 21.2 Å². The molecular weight excluding hydrogens is 338 g/mol. The molecule has 1 aromatic heterocycles. The summed E-state index contributed by atoms with van der Waals surface area (Å²) in [4.78, 5) is 23.7. The summed E-state index contributed by atoms with van der Waals surface area (Å²) in [5.41, 5.74) is 0.516. The van der Waals surface area contributed by atoms with E-state index in [2.05, 4.69) is 5.32 Å². The van der Waals surface area contributed by atoms with Gasteiger partial charge in [0.05, 0.1) is 5.75 Å². The first-order chi connectivity index (χ1) is 10.9. The lowest BCUT2D eigenvalue weighted by Gasteiger charge is -2.10. The highest BCUT2D eigenvalue weighted by Gasteiger charge is 2.37. The molecule has 2 aromatic rings. The minimum absolute atomic E-state index is 0.0104. The van der Waals surface area contributed by atoms with Crippen molar-refractivity contribution in [2.24, 2.45) is 0 Å². The average Bonchev–Trinajstić information content (AvgIpc) is 3.04. The molecule has 0 bridgehead atoms. The van der Waals surface area contributed by atoms with Crippen LogP contribution >= 0.6 is 11.3 Å². The van der Waals surface area contributed by atoms with Gasteiger partial charge in [0, 0.05) is 16.8 Å². The molecule has 1 atom stereocenters. The Kier molecular flexibility index (Phi) is 4.11. The third kappa shape index (κ3) is 2.96. The molecule has 1 fully saturated rings. The molecule has 1 unspecified atom stereocenters. The number of carbonyl (C=O) groups excluding carboxylic acids is 1. The first-order valence-corrected chi connectivity index (χ1v) is 9.66. The van der Waals surface area contributed by atoms with E-state index >= 15 is 0 Å². The summed E-state index contributed by atoms with van der Waals surface area (Å²) in [6.45, 7) is 0.0104. The van der Waals surface area contributed by atoms with Crippen LogP contribution < -0.4 is 5.32 Å². The zero-order chi connectivity index (χ0) is 16.6. The summed E-state index contributed by atoms with van der Waals surface area (Å²) in [5, 5.41) is 11.7. The van der Waals surface area contributed by atoms with Gasteiger partial charge in [-0.05, 0) is 24.3 Å². The summed E-state index contributed by atoms with van der Waals surface area (Å²) >= 11 is 1.15. The van der Waals surface area contributed by atoms with Gasteiger partial charge in [-0.2, -0.15) is 0 Å². The Morgan fingerprint density at radius 1 is 1.30 bits per heavy atom. The van der Waals surface area contributed by atoms with Crippen molar-refractivity contribution in [1.82, 2.24) is 5.32 Å². The van der Waals surface area contributed by atoms with Crippen molar-refractivity contribution in [1.29, 1.82) is 0 Å². The number of carbonyl (C=O) groups is 2. The Labute approximate surface area is 137 Å². The fourth-order valence-corrected chi connectivity index (χ4v) is 5.67. The smallest absolute Gasteiger partial charge is 0.346 e. The summed E-state index contributed by atoms with van der Waals surface area (Å²) in [6.07, 6.45) is 0.812. The molecule has 2 N–H and O–H groups in total. The van der Waals surface area contributed by atoms with E-state index in [1.165, 1.54) is 0 Å². The molecular formula is C15H15NO5S2. The zero-order valence-corrected chi connectivity index (χ0v) is 13.7. The molecule has 1 amide bonds. The molecule has 23 heavy (non-hydrogen) atoms. The number of carboxylic acids is 1. The maximum atomic E-state index is 12.1. The van der Waals surface area contributed by atoms with Gasteiger partial charge in [0.2, 0.25) is 5.91 Å². The van der Waals surface area contributed by atoms with Gasteiger partial charge in [0.25, 0.3) is 0 Å². The lowest BCUT2D eigenvalue weighted by atomic mass is 10.1. The van der Waals surface area contributed by atoms with Gasteiger partial charge < -0.3 is 10.4 Å². The van der Waals surface area contributed by atoms with E-state index in [0.717, 1.165) is 21.4 Å². The molecule has 8 heteroatoms. The van der Waals surface area contributed by atoms with Crippen LogP contribution in [-0.4, -0.2) is 36.4 Å². The van der Waals surface area contributed by atoms with Crippen molar-refractivity contribution in [3.63, 3.8) is 0 Å². The van der Waals surface area contributed by atoms with E-state index in [-0.39, 0.29) is 17.2 Å². The maximum Gasteiger partial charge on any atom is 0.346 e. The van der Waals surface area contributed by atoms with Gasteiger partial charge >= 0.3 is 5.97 Å². The monoisotopic (exact) mass is 353 g/mol. The molecule has 2 heterocycles. The fraction of sp³-hybridized carbons (Fsp3) is 0.333. The summed E-state index contributed by atoms with van der Waals surface area (Å²) in [6, 6.07) is 7.23. The maximum absolute atomic E-state index is 12.1. The SMILES string of the molecule is O=C(O)c1sc2ccccc2c1CNC(=O)C1CCCS1(=O)=O. The van der Waals surface area contributed by atoms with Crippen LogP contribution in [0.4, 0.5) is 0 Å². The van der Waals surface area contributed by atoms with Crippen LogP contribution in [0.5, 0.6) is 0 Å². The summed E-state index contributed by atoms with van der Waals surface area (Å²) < 4.78 is 24.4. The lowest BCUT2D eigenvalue weighted by molar-refractivity contribution is -0.120. The van der Waals surface area contributed by atoms with Crippen LogP contribution in [0.25, 0.3) is 10.1 Å². The number of sulfone groups is 1. The molecule has 122 valence electrons.